The molecule has 10 heteroatoms. The van der Waals surface area contributed by atoms with Gasteiger partial charge in [-0.2, -0.15) is 5.10 Å². The highest BCUT2D eigenvalue weighted by molar-refractivity contribution is 9.10. The molecule has 10 rings (SSSR count). The van der Waals surface area contributed by atoms with E-state index < -0.39 is 40.8 Å². The predicted molar refractivity (Wildman–Crippen MR) is 251 cm³/mol. The number of nitrogens with zero attached hydrogens (tertiary/aromatic N) is 3. The van der Waals surface area contributed by atoms with Crippen LogP contribution in [0.25, 0.3) is 5.52 Å². The molecule has 2 aliphatic heterocycles. The van der Waals surface area contributed by atoms with Gasteiger partial charge in [0.05, 0.1) is 19.4 Å². The van der Waals surface area contributed by atoms with E-state index in [9.17, 15) is 0 Å². The fourth-order valence-electron chi connectivity index (χ4n) is 9.94. The number of hydrogen-bond donors (Lipinski definition) is 1. The zero-order valence-electron chi connectivity index (χ0n) is 36.1. The minimum atomic E-state index is -0.955. The second kappa shape index (κ2) is 16.8. The lowest BCUT2D eigenvalue weighted by Crippen LogP contribution is -2.43. The summed E-state index contributed by atoms with van der Waals surface area (Å²) >= 11 is 3.96. The lowest BCUT2D eigenvalue weighted by Gasteiger charge is -2.37. The van der Waals surface area contributed by atoms with E-state index in [0.717, 1.165) is 54.8 Å². The summed E-state index contributed by atoms with van der Waals surface area (Å²) < 4.78 is 36.5. The van der Waals surface area contributed by atoms with E-state index in [1.165, 1.54) is 0 Å². The number of benzene rings is 6. The summed E-state index contributed by atoms with van der Waals surface area (Å²) in [6.07, 6.45) is -0.0621. The van der Waals surface area contributed by atoms with Crippen LogP contribution in [0.4, 0.5) is 5.82 Å². The predicted octanol–water partition coefficient (Wildman–Crippen LogP) is 11.3. The Morgan fingerprint density at radius 2 is 1.16 bits per heavy atom. The molecule has 8 aromatic rings. The first-order valence-electron chi connectivity index (χ1n) is 21.6. The highest BCUT2D eigenvalue weighted by Crippen LogP contribution is 2.54. The molecule has 2 aromatic heterocycles. The van der Waals surface area contributed by atoms with Crippen molar-refractivity contribution in [2.45, 2.75) is 61.6 Å². The lowest BCUT2D eigenvalue weighted by atomic mass is 9.77. The molecule has 64 heavy (non-hydrogen) atoms. The molecule has 4 heterocycles. The average molecular weight is 914 g/mol. The Bertz CT molecular complexity index is 2710. The molecule has 0 aliphatic carbocycles. The molecule has 0 amide bonds. The van der Waals surface area contributed by atoms with Crippen LogP contribution in [-0.2, 0) is 30.1 Å². The summed E-state index contributed by atoms with van der Waals surface area (Å²) in [5.74, 6) is 0.477. The minimum absolute atomic E-state index is 0.194. The smallest absolute Gasteiger partial charge is 0.164 e. The van der Waals surface area contributed by atoms with Gasteiger partial charge in [-0.1, -0.05) is 164 Å². The Balaban J connectivity index is 1.07. The van der Waals surface area contributed by atoms with E-state index in [1.54, 1.807) is 13.4 Å². The summed E-state index contributed by atoms with van der Waals surface area (Å²) in [5.41, 5.74) is 4.81. The molecule has 9 nitrogen and oxygen atoms in total. The summed E-state index contributed by atoms with van der Waals surface area (Å²) in [6.45, 7) is 6.18. The first-order chi connectivity index (χ1) is 31.2. The molecular weight excluding hydrogens is 865 g/mol. The van der Waals surface area contributed by atoms with Crippen LogP contribution >= 0.6 is 15.9 Å². The Kier molecular flexibility index (Phi) is 11.0. The number of rotatable bonds is 13. The van der Waals surface area contributed by atoms with Crippen LogP contribution in [-0.4, -0.2) is 51.9 Å². The molecular formula is C54H49BrN4O5. The van der Waals surface area contributed by atoms with Crippen molar-refractivity contribution in [2.24, 2.45) is 0 Å². The van der Waals surface area contributed by atoms with Crippen LogP contribution in [0.15, 0.2) is 193 Å². The minimum Gasteiger partial charge on any atom is -0.497 e. The van der Waals surface area contributed by atoms with Crippen molar-refractivity contribution in [3.8, 4) is 5.75 Å². The number of fused-ring (bicyclic) bond motifs is 2. The number of methoxy groups -OCH3 is 1. The highest BCUT2D eigenvalue weighted by atomic mass is 79.9. The molecule has 0 unspecified atom stereocenters. The molecule has 1 N–H and O–H groups in total. The quantitative estimate of drug-likeness (QED) is 0.114. The fourth-order valence-corrected chi connectivity index (χ4v) is 10.5. The van der Waals surface area contributed by atoms with Crippen LogP contribution < -0.4 is 10.1 Å². The van der Waals surface area contributed by atoms with Crippen molar-refractivity contribution in [2.75, 3.05) is 19.0 Å². The monoisotopic (exact) mass is 912 g/mol. The SMILES string of the molecule is COc1ccc(C(Nc2ncnn3c([C@@H]4O[C@H](COC(c5ccccc5)(c5ccccc5)c5ccccc5)[C@H]5OC(C)(C)O[C@]54C)cc(Br)c23)(c2ccccc2)c2ccccc2)cc1. The van der Waals surface area contributed by atoms with Gasteiger partial charge in [-0.25, -0.2) is 9.50 Å². The summed E-state index contributed by atoms with van der Waals surface area (Å²) in [6, 6.07) is 62.2. The molecule has 0 saturated carbocycles. The van der Waals surface area contributed by atoms with Gasteiger partial charge >= 0.3 is 0 Å². The van der Waals surface area contributed by atoms with Crippen LogP contribution in [0.2, 0.25) is 0 Å². The third-order valence-electron chi connectivity index (χ3n) is 12.7. The zero-order valence-corrected chi connectivity index (χ0v) is 37.7. The van der Waals surface area contributed by atoms with Crippen LogP contribution in [0.3, 0.4) is 0 Å². The molecule has 2 aliphatic rings. The number of aromatic nitrogens is 3. The Morgan fingerprint density at radius 3 is 1.66 bits per heavy atom. The van der Waals surface area contributed by atoms with E-state index in [2.05, 4.69) is 168 Å². The Morgan fingerprint density at radius 1 is 0.672 bits per heavy atom. The van der Waals surface area contributed by atoms with E-state index >= 15 is 0 Å². The molecule has 2 saturated heterocycles. The second-order valence-corrected chi connectivity index (χ2v) is 17.8. The molecule has 2 fully saturated rings. The second-order valence-electron chi connectivity index (χ2n) is 17.0. The summed E-state index contributed by atoms with van der Waals surface area (Å²) in [7, 11) is 1.68. The third-order valence-corrected chi connectivity index (χ3v) is 13.3. The van der Waals surface area contributed by atoms with Gasteiger partial charge in [0.1, 0.15) is 52.6 Å². The van der Waals surface area contributed by atoms with Gasteiger partial charge in [0.25, 0.3) is 0 Å². The molecule has 0 spiro atoms. The van der Waals surface area contributed by atoms with E-state index in [0.29, 0.717) is 5.82 Å². The summed E-state index contributed by atoms with van der Waals surface area (Å²) in [4.78, 5) is 4.95. The highest BCUT2D eigenvalue weighted by Gasteiger charge is 2.65. The lowest BCUT2D eigenvalue weighted by molar-refractivity contribution is -0.210. The van der Waals surface area contributed by atoms with Crippen molar-refractivity contribution >= 4 is 27.3 Å². The number of ether oxygens (including phenoxy) is 5. The fraction of sp³-hybridized carbons (Fsp3) is 0.222. The molecule has 0 bridgehead atoms. The van der Waals surface area contributed by atoms with Crippen LogP contribution in [0.1, 0.15) is 65.9 Å². The largest absolute Gasteiger partial charge is 0.497 e. The van der Waals surface area contributed by atoms with Gasteiger partial charge in [-0.05, 0) is 88.3 Å². The molecule has 4 atom stereocenters. The van der Waals surface area contributed by atoms with Crippen LogP contribution in [0, 0.1) is 0 Å². The Labute approximate surface area is 382 Å². The first-order valence-corrected chi connectivity index (χ1v) is 22.4. The maximum absolute atomic E-state index is 7.36. The number of halogens is 1. The topological polar surface area (TPSA) is 88.4 Å². The maximum Gasteiger partial charge on any atom is 0.164 e. The zero-order chi connectivity index (χ0) is 43.9. The van der Waals surface area contributed by atoms with Gasteiger partial charge in [0.15, 0.2) is 11.6 Å². The molecule has 0 radical (unpaired) electrons. The third kappa shape index (κ3) is 7.10. The van der Waals surface area contributed by atoms with Crippen molar-refractivity contribution in [3.05, 3.63) is 232 Å². The van der Waals surface area contributed by atoms with Gasteiger partial charge in [-0.15, -0.1) is 0 Å². The van der Waals surface area contributed by atoms with Crippen molar-refractivity contribution in [1.29, 1.82) is 0 Å². The Hall–Kier alpha value is -6.14. The van der Waals surface area contributed by atoms with Crippen molar-refractivity contribution < 1.29 is 23.7 Å². The number of anilines is 1. The molecule has 322 valence electrons. The van der Waals surface area contributed by atoms with E-state index in [-0.39, 0.29) is 6.61 Å². The maximum atomic E-state index is 7.36. The van der Waals surface area contributed by atoms with Gasteiger partial charge in [0.2, 0.25) is 0 Å². The van der Waals surface area contributed by atoms with E-state index in [4.69, 9.17) is 33.8 Å². The first kappa shape index (κ1) is 41.8. The summed E-state index contributed by atoms with van der Waals surface area (Å²) in [5, 5.41) is 8.87. The average Bonchev–Trinajstić information content (AvgIpc) is 3.91. The van der Waals surface area contributed by atoms with Gasteiger partial charge in [-0.3, -0.25) is 0 Å². The number of hydrogen-bond acceptors (Lipinski definition) is 8. The standard InChI is InChI=1S/C54H49BrN4O5/c1-51(2)63-49-46(35-61-54(40-24-14-7-15-25-40,41-26-16-8-17-27-41)42-28-18-9-19-29-42)62-48(52(49,3)64-51)45-34-44(55)47-50(56-36-57-59(45)47)58-53(37-20-10-5-11-21-37,38-22-12-6-13-23-38)39-30-32-43(60-4)33-31-39/h5-34,36,46,48-49H,35H2,1-4H3,(H,56,57,58)/t46-,48+,49-,52+/m1/s1. The van der Waals surface area contributed by atoms with Crippen molar-refractivity contribution in [3.63, 3.8) is 0 Å². The van der Waals surface area contributed by atoms with Gasteiger partial charge in [0, 0.05) is 4.47 Å². The van der Waals surface area contributed by atoms with Crippen LogP contribution in [0.5, 0.6) is 5.75 Å². The van der Waals surface area contributed by atoms with Gasteiger partial charge < -0.3 is 29.0 Å². The normalized spacial score (nSPS) is 20.5. The molecule has 6 aromatic carbocycles. The van der Waals surface area contributed by atoms with Crippen molar-refractivity contribution in [1.82, 2.24) is 14.6 Å². The van der Waals surface area contributed by atoms with E-state index in [1.807, 2.05) is 60.8 Å². The number of nitrogens with one attached hydrogen (secondary N) is 1.